The summed E-state index contributed by atoms with van der Waals surface area (Å²) in [5, 5.41) is 18.1. The molecule has 1 aromatic carbocycles. The van der Waals surface area contributed by atoms with E-state index in [1.165, 1.54) is 11.1 Å². The first-order valence-corrected chi connectivity index (χ1v) is 8.20. The highest BCUT2D eigenvalue weighted by Crippen LogP contribution is 2.15. The summed E-state index contributed by atoms with van der Waals surface area (Å²) in [6.45, 7) is 4.09. The van der Waals surface area contributed by atoms with Crippen molar-refractivity contribution in [3.8, 4) is 0 Å². The van der Waals surface area contributed by atoms with Gasteiger partial charge in [-0.25, -0.2) is 0 Å². The molecule has 0 aliphatic rings. The van der Waals surface area contributed by atoms with E-state index in [0.717, 1.165) is 12.1 Å². The molecule has 114 valence electrons. The summed E-state index contributed by atoms with van der Waals surface area (Å²) in [6, 6.07) is 7.57. The predicted molar refractivity (Wildman–Crippen MR) is 87.9 cm³/mol. The Labute approximate surface area is 134 Å². The molecule has 0 spiro atoms. The second-order valence-electron chi connectivity index (χ2n) is 4.97. The van der Waals surface area contributed by atoms with Crippen LogP contribution in [0.25, 0.3) is 0 Å². The number of hydrogen-bond acceptors (Lipinski definition) is 4. The first kappa shape index (κ1) is 16.5. The minimum atomic E-state index is -0.522. The van der Waals surface area contributed by atoms with Gasteiger partial charge < -0.3 is 15.2 Å². The Morgan fingerprint density at radius 3 is 2.81 bits per heavy atom. The molecule has 0 aliphatic heterocycles. The average Bonchev–Trinajstić information content (AvgIpc) is 2.87. The van der Waals surface area contributed by atoms with Gasteiger partial charge in [-0.2, -0.15) is 11.3 Å². The highest BCUT2D eigenvalue weighted by atomic mass is 35.5. The van der Waals surface area contributed by atoms with E-state index in [-0.39, 0.29) is 0 Å². The van der Waals surface area contributed by atoms with Crippen LogP contribution < -0.4 is 5.32 Å². The van der Waals surface area contributed by atoms with Crippen molar-refractivity contribution >= 4 is 22.9 Å². The lowest BCUT2D eigenvalue weighted by Crippen LogP contribution is -2.30. The van der Waals surface area contributed by atoms with Gasteiger partial charge in [-0.1, -0.05) is 29.8 Å². The molecule has 3 nitrogen and oxygen atoms in total. The third kappa shape index (κ3) is 5.41. The first-order valence-electron chi connectivity index (χ1n) is 6.88. The van der Waals surface area contributed by atoms with E-state index in [1.54, 1.807) is 11.3 Å². The lowest BCUT2D eigenvalue weighted by atomic mass is 10.2. The monoisotopic (exact) mass is 325 g/mol. The van der Waals surface area contributed by atoms with Crippen LogP contribution in [0.1, 0.15) is 16.7 Å². The Bertz CT molecular complexity index is 559. The Morgan fingerprint density at radius 1 is 1.29 bits per heavy atom. The van der Waals surface area contributed by atoms with Crippen LogP contribution >= 0.6 is 22.9 Å². The first-order chi connectivity index (χ1) is 10.2. The SMILES string of the molecule is Cc1cscc1CNCC(O)COCc1ccccc1Cl. The van der Waals surface area contributed by atoms with Crippen LogP contribution in [0.4, 0.5) is 0 Å². The van der Waals surface area contributed by atoms with E-state index in [9.17, 15) is 5.11 Å². The van der Waals surface area contributed by atoms with Gasteiger partial charge in [-0.15, -0.1) is 0 Å². The Hall–Kier alpha value is -0.910. The number of halogens is 1. The maximum atomic E-state index is 9.88. The maximum absolute atomic E-state index is 9.88. The zero-order valence-corrected chi connectivity index (χ0v) is 13.6. The Morgan fingerprint density at radius 2 is 2.10 bits per heavy atom. The average molecular weight is 326 g/mol. The van der Waals surface area contributed by atoms with Crippen LogP contribution in [-0.4, -0.2) is 24.4 Å². The summed E-state index contributed by atoms with van der Waals surface area (Å²) in [5.74, 6) is 0. The largest absolute Gasteiger partial charge is 0.389 e. The summed E-state index contributed by atoms with van der Waals surface area (Å²) in [4.78, 5) is 0. The molecule has 1 aromatic heterocycles. The third-order valence-corrected chi connectivity index (χ3v) is 4.46. The van der Waals surface area contributed by atoms with Crippen molar-refractivity contribution in [2.45, 2.75) is 26.2 Å². The molecular weight excluding hydrogens is 306 g/mol. The fourth-order valence-electron chi connectivity index (χ4n) is 1.92. The van der Waals surface area contributed by atoms with Crippen LogP contribution in [-0.2, 0) is 17.9 Å². The standard InChI is InChI=1S/C16H20ClNO2S/c1-12-10-21-11-14(12)6-18-7-15(19)9-20-8-13-4-2-3-5-16(13)17/h2-5,10-11,15,18-19H,6-9H2,1H3. The van der Waals surface area contributed by atoms with Crippen LogP contribution in [0.2, 0.25) is 5.02 Å². The topological polar surface area (TPSA) is 41.5 Å². The minimum Gasteiger partial charge on any atom is -0.389 e. The lowest BCUT2D eigenvalue weighted by molar-refractivity contribution is 0.0287. The van der Waals surface area contributed by atoms with Gasteiger partial charge in [0.25, 0.3) is 0 Å². The fraction of sp³-hybridized carbons (Fsp3) is 0.375. The molecule has 2 aromatic rings. The van der Waals surface area contributed by atoms with Gasteiger partial charge in [-0.05, 0) is 40.4 Å². The molecule has 1 atom stereocenters. The number of aliphatic hydroxyl groups excluding tert-OH is 1. The third-order valence-electron chi connectivity index (χ3n) is 3.18. The molecule has 0 fully saturated rings. The van der Waals surface area contributed by atoms with Gasteiger partial charge in [0.15, 0.2) is 0 Å². The molecule has 0 aliphatic carbocycles. The van der Waals surface area contributed by atoms with E-state index in [4.69, 9.17) is 16.3 Å². The van der Waals surface area contributed by atoms with Crippen molar-refractivity contribution in [1.82, 2.24) is 5.32 Å². The molecule has 0 amide bonds. The summed E-state index contributed by atoms with van der Waals surface area (Å²) in [7, 11) is 0. The number of benzene rings is 1. The van der Waals surface area contributed by atoms with E-state index >= 15 is 0 Å². The number of thiophene rings is 1. The second-order valence-corrected chi connectivity index (χ2v) is 6.12. The van der Waals surface area contributed by atoms with Gasteiger partial charge >= 0.3 is 0 Å². The minimum absolute atomic E-state index is 0.293. The van der Waals surface area contributed by atoms with Crippen molar-refractivity contribution in [1.29, 1.82) is 0 Å². The predicted octanol–water partition coefficient (Wildman–Crippen LogP) is 3.38. The van der Waals surface area contributed by atoms with Gasteiger partial charge in [0.1, 0.15) is 0 Å². The van der Waals surface area contributed by atoms with E-state index in [2.05, 4.69) is 23.0 Å². The number of hydrogen-bond donors (Lipinski definition) is 2. The van der Waals surface area contributed by atoms with Crippen molar-refractivity contribution in [2.75, 3.05) is 13.2 Å². The summed E-state index contributed by atoms with van der Waals surface area (Å²) in [5.41, 5.74) is 3.51. The Balaban J connectivity index is 1.63. The van der Waals surface area contributed by atoms with Crippen molar-refractivity contribution in [3.63, 3.8) is 0 Å². The van der Waals surface area contributed by atoms with Crippen LogP contribution in [0.3, 0.4) is 0 Å². The summed E-state index contributed by atoms with van der Waals surface area (Å²) in [6.07, 6.45) is -0.522. The summed E-state index contributed by atoms with van der Waals surface area (Å²) < 4.78 is 5.50. The van der Waals surface area contributed by atoms with E-state index < -0.39 is 6.10 Å². The molecule has 0 saturated carbocycles. The highest BCUT2D eigenvalue weighted by molar-refractivity contribution is 7.08. The van der Waals surface area contributed by atoms with Crippen LogP contribution in [0.15, 0.2) is 35.0 Å². The van der Waals surface area contributed by atoms with Crippen molar-refractivity contribution in [2.24, 2.45) is 0 Å². The molecule has 0 saturated heterocycles. The molecule has 5 heteroatoms. The number of rotatable bonds is 8. The fourth-order valence-corrected chi connectivity index (χ4v) is 2.97. The van der Waals surface area contributed by atoms with E-state index in [1.807, 2.05) is 24.3 Å². The highest BCUT2D eigenvalue weighted by Gasteiger charge is 2.06. The van der Waals surface area contributed by atoms with Crippen LogP contribution in [0.5, 0.6) is 0 Å². The second kappa shape index (κ2) is 8.51. The number of aryl methyl sites for hydroxylation is 1. The number of aliphatic hydroxyl groups is 1. The van der Waals surface area contributed by atoms with Crippen molar-refractivity contribution in [3.05, 3.63) is 56.7 Å². The normalized spacial score (nSPS) is 12.5. The maximum Gasteiger partial charge on any atom is 0.0897 e. The molecule has 1 unspecified atom stereocenters. The number of ether oxygens (including phenoxy) is 1. The molecule has 21 heavy (non-hydrogen) atoms. The zero-order valence-electron chi connectivity index (χ0n) is 12.0. The number of nitrogens with one attached hydrogen (secondary N) is 1. The van der Waals surface area contributed by atoms with Gasteiger partial charge in [-0.3, -0.25) is 0 Å². The van der Waals surface area contributed by atoms with Gasteiger partial charge in [0.2, 0.25) is 0 Å². The van der Waals surface area contributed by atoms with Gasteiger partial charge in [0, 0.05) is 18.1 Å². The summed E-state index contributed by atoms with van der Waals surface area (Å²) >= 11 is 7.74. The molecule has 0 radical (unpaired) electrons. The molecule has 2 rings (SSSR count). The molecule has 0 bridgehead atoms. The molecular formula is C16H20ClNO2S. The zero-order chi connectivity index (χ0) is 15.1. The van der Waals surface area contributed by atoms with Gasteiger partial charge in [0.05, 0.1) is 19.3 Å². The van der Waals surface area contributed by atoms with Crippen molar-refractivity contribution < 1.29 is 9.84 Å². The lowest BCUT2D eigenvalue weighted by Gasteiger charge is -2.13. The van der Waals surface area contributed by atoms with Crippen LogP contribution in [0, 0.1) is 6.92 Å². The molecule has 2 N–H and O–H groups in total. The van der Waals surface area contributed by atoms with E-state index in [0.29, 0.717) is 24.8 Å². The molecule has 1 heterocycles. The smallest absolute Gasteiger partial charge is 0.0897 e. The quantitative estimate of drug-likeness (QED) is 0.782. The Kier molecular flexibility index (Phi) is 6.67.